The summed E-state index contributed by atoms with van der Waals surface area (Å²) >= 11 is 0. The molecule has 6 nitrogen and oxygen atoms in total. The van der Waals surface area contributed by atoms with Crippen LogP contribution in [0.25, 0.3) is 5.82 Å². The summed E-state index contributed by atoms with van der Waals surface area (Å²) in [7, 11) is 0. The summed E-state index contributed by atoms with van der Waals surface area (Å²) in [4.78, 5) is 20.3. The molecule has 2 aromatic heterocycles. The Kier molecular flexibility index (Phi) is 4.45. The predicted octanol–water partition coefficient (Wildman–Crippen LogP) is 3.55. The van der Waals surface area contributed by atoms with Crippen molar-refractivity contribution in [3.8, 4) is 5.82 Å². The van der Waals surface area contributed by atoms with Gasteiger partial charge in [0.25, 0.3) is 5.91 Å². The number of rotatable bonds is 3. The number of anilines is 1. The van der Waals surface area contributed by atoms with Gasteiger partial charge in [0.2, 0.25) is 0 Å². The third kappa shape index (κ3) is 3.71. The highest BCUT2D eigenvalue weighted by atomic mass is 19.4. The van der Waals surface area contributed by atoms with E-state index < -0.39 is 17.6 Å². The van der Waals surface area contributed by atoms with E-state index in [2.05, 4.69) is 20.4 Å². The molecule has 0 bridgehead atoms. The fourth-order valence-electron chi connectivity index (χ4n) is 2.42. The second-order valence-electron chi connectivity index (χ2n) is 5.63. The van der Waals surface area contributed by atoms with Crippen LogP contribution in [-0.4, -0.2) is 25.7 Å². The van der Waals surface area contributed by atoms with Gasteiger partial charge in [0.15, 0.2) is 5.82 Å². The molecule has 0 spiro atoms. The summed E-state index contributed by atoms with van der Waals surface area (Å²) in [6.45, 7) is 3.68. The topological polar surface area (TPSA) is 72.7 Å². The molecule has 0 aliphatic heterocycles. The molecule has 0 atom stereocenters. The number of hydrogen-bond donors (Lipinski definition) is 1. The molecule has 0 radical (unpaired) electrons. The zero-order chi connectivity index (χ0) is 18.9. The van der Waals surface area contributed by atoms with Gasteiger partial charge in [-0.25, -0.2) is 14.6 Å². The molecular formula is C17H14F3N5O. The Bertz CT molecular complexity index is 965. The van der Waals surface area contributed by atoms with E-state index in [1.807, 2.05) is 19.9 Å². The van der Waals surface area contributed by atoms with Gasteiger partial charge in [-0.05, 0) is 38.1 Å². The van der Waals surface area contributed by atoms with Crippen molar-refractivity contribution in [1.29, 1.82) is 0 Å². The van der Waals surface area contributed by atoms with E-state index in [1.165, 1.54) is 24.5 Å². The Morgan fingerprint density at radius 3 is 2.54 bits per heavy atom. The molecule has 0 aliphatic carbocycles. The molecule has 1 amide bonds. The van der Waals surface area contributed by atoms with Gasteiger partial charge in [-0.3, -0.25) is 4.79 Å². The van der Waals surface area contributed by atoms with Gasteiger partial charge >= 0.3 is 6.18 Å². The van der Waals surface area contributed by atoms with E-state index in [-0.39, 0.29) is 11.4 Å². The molecule has 0 fully saturated rings. The maximum absolute atomic E-state index is 12.8. The highest BCUT2D eigenvalue weighted by Crippen LogP contribution is 2.29. The lowest BCUT2D eigenvalue weighted by molar-refractivity contribution is -0.137. The molecule has 1 N–H and O–H groups in total. The minimum atomic E-state index is -4.52. The van der Waals surface area contributed by atoms with Crippen LogP contribution >= 0.6 is 0 Å². The molecule has 26 heavy (non-hydrogen) atoms. The maximum Gasteiger partial charge on any atom is 0.416 e. The molecular weight excluding hydrogens is 347 g/mol. The third-order valence-corrected chi connectivity index (χ3v) is 3.57. The van der Waals surface area contributed by atoms with Crippen molar-refractivity contribution in [2.24, 2.45) is 0 Å². The van der Waals surface area contributed by atoms with Crippen LogP contribution in [0.15, 0.2) is 42.7 Å². The van der Waals surface area contributed by atoms with Crippen molar-refractivity contribution in [1.82, 2.24) is 19.7 Å². The number of nitrogens with zero attached hydrogens (tertiary/aromatic N) is 4. The van der Waals surface area contributed by atoms with Crippen molar-refractivity contribution in [2.45, 2.75) is 20.0 Å². The smallest absolute Gasteiger partial charge is 0.306 e. The van der Waals surface area contributed by atoms with E-state index in [1.54, 1.807) is 4.68 Å². The Hall–Kier alpha value is -3.23. The molecule has 0 saturated carbocycles. The zero-order valence-electron chi connectivity index (χ0n) is 13.9. The van der Waals surface area contributed by atoms with Crippen molar-refractivity contribution in [2.75, 3.05) is 5.32 Å². The quantitative estimate of drug-likeness (QED) is 0.774. The van der Waals surface area contributed by atoms with Crippen molar-refractivity contribution < 1.29 is 18.0 Å². The summed E-state index contributed by atoms with van der Waals surface area (Å²) in [6, 6.07) is 7.53. The van der Waals surface area contributed by atoms with Crippen molar-refractivity contribution >= 4 is 11.7 Å². The second kappa shape index (κ2) is 6.58. The highest BCUT2D eigenvalue weighted by molar-refractivity contribution is 6.03. The number of aryl methyl sites for hydroxylation is 2. The number of nitrogens with one attached hydrogen (secondary N) is 1. The number of carbonyl (C=O) groups is 1. The first-order valence-corrected chi connectivity index (χ1v) is 7.58. The number of aromatic nitrogens is 4. The van der Waals surface area contributed by atoms with E-state index in [0.717, 1.165) is 23.5 Å². The summed E-state index contributed by atoms with van der Waals surface area (Å²) in [5, 5.41) is 6.76. The van der Waals surface area contributed by atoms with Gasteiger partial charge in [-0.1, -0.05) is 6.07 Å². The van der Waals surface area contributed by atoms with Crippen molar-refractivity contribution in [3.05, 3.63) is 65.2 Å². The average molecular weight is 361 g/mol. The van der Waals surface area contributed by atoms with Crippen LogP contribution in [0, 0.1) is 13.8 Å². The first-order chi connectivity index (χ1) is 12.2. The van der Waals surface area contributed by atoms with Crippen LogP contribution in [-0.2, 0) is 6.18 Å². The lowest BCUT2D eigenvalue weighted by atomic mass is 10.1. The number of alkyl halides is 3. The van der Waals surface area contributed by atoms with Crippen LogP contribution < -0.4 is 5.32 Å². The highest BCUT2D eigenvalue weighted by Gasteiger charge is 2.30. The monoisotopic (exact) mass is 361 g/mol. The Balaban J connectivity index is 1.85. The summed E-state index contributed by atoms with van der Waals surface area (Å²) in [5.41, 5.74) is 0.634. The first-order valence-electron chi connectivity index (χ1n) is 7.58. The van der Waals surface area contributed by atoms with Gasteiger partial charge in [-0.2, -0.15) is 18.3 Å². The second-order valence-corrected chi connectivity index (χ2v) is 5.63. The van der Waals surface area contributed by atoms with Crippen molar-refractivity contribution in [3.63, 3.8) is 0 Å². The Morgan fingerprint density at radius 2 is 1.88 bits per heavy atom. The summed E-state index contributed by atoms with van der Waals surface area (Å²) in [5.74, 6) is -0.107. The number of carbonyl (C=O) groups excluding carboxylic acids is 1. The minimum absolute atomic E-state index is 0.119. The lowest BCUT2D eigenvalue weighted by Crippen LogP contribution is -2.15. The van der Waals surface area contributed by atoms with E-state index in [4.69, 9.17) is 0 Å². The predicted molar refractivity (Wildman–Crippen MR) is 88.0 cm³/mol. The number of halogens is 3. The molecule has 134 valence electrons. The van der Waals surface area contributed by atoms with E-state index >= 15 is 0 Å². The molecule has 3 aromatic rings. The molecule has 0 unspecified atom stereocenters. The lowest BCUT2D eigenvalue weighted by Gasteiger charge is -2.09. The van der Waals surface area contributed by atoms with Crippen LogP contribution in [0.1, 0.15) is 27.3 Å². The normalized spacial score (nSPS) is 11.4. The number of amides is 1. The molecule has 0 aliphatic rings. The summed E-state index contributed by atoms with van der Waals surface area (Å²) < 4.78 is 39.9. The van der Waals surface area contributed by atoms with Gasteiger partial charge in [0.05, 0.1) is 11.3 Å². The fraction of sp³-hybridized carbons (Fsp3) is 0.176. The minimum Gasteiger partial charge on any atom is -0.306 e. The van der Waals surface area contributed by atoms with E-state index in [0.29, 0.717) is 5.82 Å². The van der Waals surface area contributed by atoms with Gasteiger partial charge in [0.1, 0.15) is 12.1 Å². The fourth-order valence-corrected chi connectivity index (χ4v) is 2.42. The van der Waals surface area contributed by atoms with Crippen LogP contribution in [0.4, 0.5) is 19.0 Å². The number of hydrogen-bond acceptors (Lipinski definition) is 4. The van der Waals surface area contributed by atoms with Gasteiger partial charge < -0.3 is 5.32 Å². The molecule has 2 heterocycles. The molecule has 9 heteroatoms. The van der Waals surface area contributed by atoms with Crippen LogP contribution in [0.2, 0.25) is 0 Å². The van der Waals surface area contributed by atoms with Crippen LogP contribution in [0.5, 0.6) is 0 Å². The largest absolute Gasteiger partial charge is 0.416 e. The molecule has 0 saturated heterocycles. The first kappa shape index (κ1) is 17.6. The van der Waals surface area contributed by atoms with Gasteiger partial charge in [0, 0.05) is 17.3 Å². The zero-order valence-corrected chi connectivity index (χ0v) is 13.9. The van der Waals surface area contributed by atoms with Gasteiger partial charge in [-0.15, -0.1) is 0 Å². The number of benzene rings is 1. The Labute approximate surface area is 146 Å². The summed E-state index contributed by atoms with van der Waals surface area (Å²) in [6.07, 6.45) is -3.28. The molecule has 1 aromatic carbocycles. The Morgan fingerprint density at radius 1 is 1.12 bits per heavy atom. The average Bonchev–Trinajstić information content (AvgIpc) is 2.93. The maximum atomic E-state index is 12.8. The SMILES string of the molecule is Cc1cc(C)n(-c2cc(NC(=O)c3cccc(C(F)(F)F)c3)ncn2)n1. The third-order valence-electron chi connectivity index (χ3n) is 3.57. The standard InChI is InChI=1S/C17H14F3N5O/c1-10-6-11(2)25(24-10)15-8-14(21-9-22-15)23-16(26)12-4-3-5-13(7-12)17(18,19)20/h3-9H,1-2H3,(H,21,22,23,26). The van der Waals surface area contributed by atoms with E-state index in [9.17, 15) is 18.0 Å². The molecule has 3 rings (SSSR count). The van der Waals surface area contributed by atoms with Crippen LogP contribution in [0.3, 0.4) is 0 Å².